The van der Waals surface area contributed by atoms with Crippen molar-refractivity contribution >= 4 is 28.9 Å². The maximum atomic E-state index is 10.7. The molecular formula is C15H13IO3. The van der Waals surface area contributed by atoms with E-state index in [1.54, 1.807) is 25.3 Å². The van der Waals surface area contributed by atoms with Gasteiger partial charge in [-0.2, -0.15) is 0 Å². The second-order valence-corrected chi connectivity index (χ2v) is 5.19. The van der Waals surface area contributed by atoms with Crippen LogP contribution in [0.4, 0.5) is 0 Å². The third kappa shape index (κ3) is 3.70. The molecule has 0 amide bonds. The number of ether oxygens (including phenoxy) is 2. The van der Waals surface area contributed by atoms with Crippen LogP contribution < -0.4 is 9.47 Å². The number of carbonyl (C=O) groups excluding carboxylic acids is 1. The van der Waals surface area contributed by atoms with Crippen molar-refractivity contribution in [1.82, 2.24) is 0 Å². The second kappa shape index (κ2) is 6.56. The van der Waals surface area contributed by atoms with Gasteiger partial charge in [-0.1, -0.05) is 12.1 Å². The fourth-order valence-corrected chi connectivity index (χ4v) is 2.27. The Morgan fingerprint density at radius 1 is 1.16 bits per heavy atom. The van der Waals surface area contributed by atoms with Crippen molar-refractivity contribution in [2.24, 2.45) is 0 Å². The number of carbonyl (C=O) groups is 1. The van der Waals surface area contributed by atoms with E-state index >= 15 is 0 Å². The first kappa shape index (κ1) is 13.9. The van der Waals surface area contributed by atoms with Crippen molar-refractivity contribution in [1.29, 1.82) is 0 Å². The minimum atomic E-state index is 0.466. The summed E-state index contributed by atoms with van der Waals surface area (Å²) in [5.74, 6) is 1.20. The van der Waals surface area contributed by atoms with E-state index in [1.165, 1.54) is 3.57 Å². The molecule has 0 aliphatic rings. The first-order valence-electron chi connectivity index (χ1n) is 5.73. The zero-order valence-corrected chi connectivity index (χ0v) is 12.6. The summed E-state index contributed by atoms with van der Waals surface area (Å²) in [6, 6.07) is 13.2. The zero-order valence-electron chi connectivity index (χ0n) is 10.4. The lowest BCUT2D eigenvalue weighted by Gasteiger charge is -2.11. The molecular weight excluding hydrogens is 355 g/mol. The molecule has 0 saturated carbocycles. The molecule has 0 heterocycles. The number of hydrogen-bond donors (Lipinski definition) is 0. The van der Waals surface area contributed by atoms with Crippen LogP contribution in [0, 0.1) is 3.57 Å². The first-order valence-corrected chi connectivity index (χ1v) is 6.81. The van der Waals surface area contributed by atoms with Gasteiger partial charge in [0.25, 0.3) is 0 Å². The molecule has 0 fully saturated rings. The fourth-order valence-electron chi connectivity index (χ4n) is 1.66. The van der Waals surface area contributed by atoms with Crippen LogP contribution in [0.2, 0.25) is 0 Å². The van der Waals surface area contributed by atoms with Crippen LogP contribution in [0.5, 0.6) is 11.5 Å². The Morgan fingerprint density at radius 3 is 2.68 bits per heavy atom. The minimum absolute atomic E-state index is 0.466. The van der Waals surface area contributed by atoms with E-state index in [-0.39, 0.29) is 0 Å². The normalized spacial score (nSPS) is 10.0. The summed E-state index contributed by atoms with van der Waals surface area (Å²) in [4.78, 5) is 10.7. The molecule has 4 heteroatoms. The fraction of sp³-hybridized carbons (Fsp3) is 0.133. The first-order chi connectivity index (χ1) is 9.22. The van der Waals surface area contributed by atoms with Crippen molar-refractivity contribution in [3.63, 3.8) is 0 Å². The van der Waals surface area contributed by atoms with Gasteiger partial charge in [-0.15, -0.1) is 0 Å². The number of hydrogen-bond acceptors (Lipinski definition) is 3. The van der Waals surface area contributed by atoms with E-state index in [4.69, 9.17) is 9.47 Å². The van der Waals surface area contributed by atoms with Crippen LogP contribution in [-0.4, -0.2) is 13.4 Å². The topological polar surface area (TPSA) is 35.5 Å². The highest BCUT2D eigenvalue weighted by Gasteiger charge is 2.06. The van der Waals surface area contributed by atoms with Crippen molar-refractivity contribution in [3.05, 3.63) is 57.2 Å². The summed E-state index contributed by atoms with van der Waals surface area (Å²) in [5.41, 5.74) is 1.66. The second-order valence-electron chi connectivity index (χ2n) is 3.95. The minimum Gasteiger partial charge on any atom is -0.493 e. The van der Waals surface area contributed by atoms with E-state index < -0.39 is 0 Å². The average molecular weight is 368 g/mol. The van der Waals surface area contributed by atoms with E-state index in [0.29, 0.717) is 23.7 Å². The van der Waals surface area contributed by atoms with E-state index in [9.17, 15) is 4.79 Å². The third-order valence-corrected chi connectivity index (χ3v) is 3.28. The molecule has 0 radical (unpaired) electrons. The maximum Gasteiger partial charge on any atom is 0.161 e. The van der Waals surface area contributed by atoms with Crippen molar-refractivity contribution in [2.45, 2.75) is 6.61 Å². The number of halogens is 1. The summed E-state index contributed by atoms with van der Waals surface area (Å²) in [5, 5.41) is 0. The molecule has 0 saturated heterocycles. The molecule has 0 N–H and O–H groups in total. The predicted molar refractivity (Wildman–Crippen MR) is 81.9 cm³/mol. The zero-order chi connectivity index (χ0) is 13.7. The Kier molecular flexibility index (Phi) is 4.79. The van der Waals surface area contributed by atoms with Crippen LogP contribution >= 0.6 is 22.6 Å². The molecule has 98 valence electrons. The molecule has 19 heavy (non-hydrogen) atoms. The summed E-state index contributed by atoms with van der Waals surface area (Å²) in [6.07, 6.45) is 0.784. The SMILES string of the molecule is COc1cc(C=O)ccc1OCc1cccc(I)c1. The molecule has 0 aliphatic heterocycles. The highest BCUT2D eigenvalue weighted by molar-refractivity contribution is 14.1. The monoisotopic (exact) mass is 368 g/mol. The van der Waals surface area contributed by atoms with Gasteiger partial charge >= 0.3 is 0 Å². The predicted octanol–water partition coefficient (Wildman–Crippen LogP) is 3.69. The van der Waals surface area contributed by atoms with Crippen LogP contribution in [0.25, 0.3) is 0 Å². The number of methoxy groups -OCH3 is 1. The number of aldehydes is 1. The maximum absolute atomic E-state index is 10.7. The van der Waals surface area contributed by atoms with Gasteiger partial charge in [0.1, 0.15) is 12.9 Å². The van der Waals surface area contributed by atoms with E-state index in [0.717, 1.165) is 11.8 Å². The standard InChI is InChI=1S/C15H13IO3/c1-18-15-8-11(9-17)5-6-14(15)19-10-12-3-2-4-13(16)7-12/h2-9H,10H2,1H3. The Hall–Kier alpha value is -1.56. The number of benzene rings is 2. The van der Waals surface area contributed by atoms with Crippen LogP contribution in [0.3, 0.4) is 0 Å². The quantitative estimate of drug-likeness (QED) is 0.597. The lowest BCUT2D eigenvalue weighted by molar-refractivity contribution is 0.112. The molecule has 0 bridgehead atoms. The Balaban J connectivity index is 2.13. The highest BCUT2D eigenvalue weighted by Crippen LogP contribution is 2.28. The molecule has 2 aromatic rings. The van der Waals surface area contributed by atoms with Crippen LogP contribution in [0.1, 0.15) is 15.9 Å². The molecule has 0 spiro atoms. The average Bonchev–Trinajstić information content (AvgIpc) is 2.45. The van der Waals surface area contributed by atoms with Gasteiger partial charge in [0, 0.05) is 9.13 Å². The van der Waals surface area contributed by atoms with Gasteiger partial charge < -0.3 is 9.47 Å². The molecule has 2 aromatic carbocycles. The molecule has 0 aromatic heterocycles. The third-order valence-electron chi connectivity index (χ3n) is 2.61. The van der Waals surface area contributed by atoms with Crippen LogP contribution in [0.15, 0.2) is 42.5 Å². The largest absolute Gasteiger partial charge is 0.493 e. The van der Waals surface area contributed by atoms with Gasteiger partial charge in [-0.3, -0.25) is 4.79 Å². The van der Waals surface area contributed by atoms with Crippen molar-refractivity contribution in [2.75, 3.05) is 7.11 Å². The van der Waals surface area contributed by atoms with Gasteiger partial charge in [0.05, 0.1) is 7.11 Å². The summed E-state index contributed by atoms with van der Waals surface area (Å²) in [7, 11) is 1.56. The van der Waals surface area contributed by atoms with Gasteiger partial charge in [0.2, 0.25) is 0 Å². The van der Waals surface area contributed by atoms with Crippen LogP contribution in [-0.2, 0) is 6.61 Å². The van der Waals surface area contributed by atoms with Crippen molar-refractivity contribution < 1.29 is 14.3 Å². The van der Waals surface area contributed by atoms with Crippen molar-refractivity contribution in [3.8, 4) is 11.5 Å². The van der Waals surface area contributed by atoms with E-state index in [1.807, 2.05) is 18.2 Å². The Morgan fingerprint density at radius 2 is 2.00 bits per heavy atom. The summed E-state index contributed by atoms with van der Waals surface area (Å²) < 4.78 is 12.1. The molecule has 2 rings (SSSR count). The lowest BCUT2D eigenvalue weighted by Crippen LogP contribution is -1.98. The molecule has 0 unspecified atom stereocenters. The Labute approximate surface area is 125 Å². The lowest BCUT2D eigenvalue weighted by atomic mass is 10.2. The molecule has 3 nitrogen and oxygen atoms in total. The van der Waals surface area contributed by atoms with E-state index in [2.05, 4.69) is 28.7 Å². The summed E-state index contributed by atoms with van der Waals surface area (Å²) in [6.45, 7) is 0.466. The highest BCUT2D eigenvalue weighted by atomic mass is 127. The van der Waals surface area contributed by atoms with Gasteiger partial charge in [-0.25, -0.2) is 0 Å². The Bertz CT molecular complexity index is 581. The van der Waals surface area contributed by atoms with Gasteiger partial charge in [0.15, 0.2) is 11.5 Å². The van der Waals surface area contributed by atoms with Gasteiger partial charge in [-0.05, 0) is 58.5 Å². The molecule has 0 aliphatic carbocycles. The number of rotatable bonds is 5. The smallest absolute Gasteiger partial charge is 0.161 e. The summed E-state index contributed by atoms with van der Waals surface area (Å²) >= 11 is 2.26. The molecule has 0 atom stereocenters.